The number of aromatic nitrogens is 1. The van der Waals surface area contributed by atoms with Crippen LogP contribution in [0.5, 0.6) is 5.75 Å². The number of hydrogen-bond donors (Lipinski definition) is 0. The number of nitrogens with zero attached hydrogens (tertiary/aromatic N) is 3. The second-order valence-electron chi connectivity index (χ2n) is 7.33. The van der Waals surface area contributed by atoms with Crippen molar-refractivity contribution in [2.45, 2.75) is 19.5 Å². The van der Waals surface area contributed by atoms with Crippen molar-refractivity contribution in [2.75, 3.05) is 13.1 Å². The molecule has 2 aromatic carbocycles. The number of rotatable bonds is 5. The molecule has 1 amide bonds. The number of benzene rings is 2. The Kier molecular flexibility index (Phi) is 6.66. The first-order valence-electron chi connectivity index (χ1n) is 10.3. The van der Waals surface area contributed by atoms with E-state index in [1.54, 1.807) is 53.4 Å². The quantitative estimate of drug-likeness (QED) is 0.578. The summed E-state index contributed by atoms with van der Waals surface area (Å²) < 4.78 is 31.1. The lowest BCUT2D eigenvalue weighted by molar-refractivity contribution is -0.123. The number of alkyl halides is 2. The molecule has 168 valence electrons. The average Bonchev–Trinajstić information content (AvgIpc) is 3.45. The zero-order valence-corrected chi connectivity index (χ0v) is 18.2. The van der Waals surface area contributed by atoms with E-state index < -0.39 is 6.61 Å². The van der Waals surface area contributed by atoms with E-state index in [-0.39, 0.29) is 27.5 Å². The van der Waals surface area contributed by atoms with Crippen LogP contribution in [0.3, 0.4) is 0 Å². The summed E-state index contributed by atoms with van der Waals surface area (Å²) in [5, 5.41) is 9.85. The van der Waals surface area contributed by atoms with E-state index in [1.807, 2.05) is 6.07 Å². The highest BCUT2D eigenvalue weighted by Gasteiger charge is 2.24. The van der Waals surface area contributed by atoms with E-state index in [1.165, 1.54) is 16.7 Å². The predicted molar refractivity (Wildman–Crippen MR) is 121 cm³/mol. The Labute approximate surface area is 191 Å². The minimum Gasteiger partial charge on any atom is -0.435 e. The first-order valence-corrected chi connectivity index (χ1v) is 11.1. The summed E-state index contributed by atoms with van der Waals surface area (Å²) in [7, 11) is 0. The molecule has 0 bridgehead atoms. The highest BCUT2D eigenvalue weighted by Crippen LogP contribution is 2.15. The number of amides is 1. The molecule has 0 spiro atoms. The van der Waals surface area contributed by atoms with Gasteiger partial charge in [-0.25, -0.2) is 0 Å². The number of carbonyl (C=O) groups is 1. The summed E-state index contributed by atoms with van der Waals surface area (Å²) in [5.41, 5.74) is 0.668. The van der Waals surface area contributed by atoms with Crippen LogP contribution in [0.1, 0.15) is 18.4 Å². The van der Waals surface area contributed by atoms with Crippen LogP contribution in [0.25, 0.3) is 17.3 Å². The Hall–Kier alpha value is -3.77. The molecule has 0 aliphatic carbocycles. The van der Waals surface area contributed by atoms with Crippen LogP contribution in [0.4, 0.5) is 8.78 Å². The molecule has 0 unspecified atom stereocenters. The largest absolute Gasteiger partial charge is 0.435 e. The molecule has 9 heteroatoms. The van der Waals surface area contributed by atoms with Gasteiger partial charge >= 0.3 is 6.61 Å². The Morgan fingerprint density at radius 2 is 1.76 bits per heavy atom. The fraction of sp³-hybridized carbons (Fsp3) is 0.208. The molecule has 1 fully saturated rings. The zero-order valence-electron chi connectivity index (χ0n) is 17.4. The van der Waals surface area contributed by atoms with Crippen molar-refractivity contribution >= 4 is 28.9 Å². The number of para-hydroxylation sites is 1. The second-order valence-corrected chi connectivity index (χ2v) is 8.36. The highest BCUT2D eigenvalue weighted by molar-refractivity contribution is 7.07. The zero-order chi connectivity index (χ0) is 23.4. The molecule has 0 atom stereocenters. The van der Waals surface area contributed by atoms with Crippen molar-refractivity contribution in [1.82, 2.24) is 9.47 Å². The lowest BCUT2D eigenvalue weighted by Gasteiger charge is -2.14. The van der Waals surface area contributed by atoms with E-state index >= 15 is 0 Å². The summed E-state index contributed by atoms with van der Waals surface area (Å²) in [6.07, 6.45) is 3.35. The summed E-state index contributed by atoms with van der Waals surface area (Å²) in [6, 6.07) is 16.7. The maximum atomic E-state index is 13.3. The van der Waals surface area contributed by atoms with E-state index in [0.29, 0.717) is 28.9 Å². The van der Waals surface area contributed by atoms with Gasteiger partial charge in [-0.05, 0) is 48.7 Å². The van der Waals surface area contributed by atoms with Crippen molar-refractivity contribution < 1.29 is 18.3 Å². The molecule has 1 aliphatic rings. The maximum absolute atomic E-state index is 13.3. The summed E-state index contributed by atoms with van der Waals surface area (Å²) >= 11 is 1.05. The molecule has 2 heterocycles. The van der Waals surface area contributed by atoms with E-state index in [0.717, 1.165) is 24.2 Å². The predicted octanol–water partition coefficient (Wildman–Crippen LogP) is 2.63. The lowest BCUT2D eigenvalue weighted by atomic mass is 10.2. The SMILES string of the molecule is N#C/C(C(=O)N1CCCC1)=c1/s/c(=C\c2ccc(OC(F)F)cc2)c(=O)n1-c1ccccc1. The number of likely N-dealkylation sites (tertiary alicyclic amines) is 1. The molecule has 3 aromatic rings. The fourth-order valence-electron chi connectivity index (χ4n) is 3.62. The van der Waals surface area contributed by atoms with Crippen LogP contribution < -0.4 is 19.5 Å². The molecule has 6 nitrogen and oxygen atoms in total. The van der Waals surface area contributed by atoms with E-state index in [9.17, 15) is 23.6 Å². The van der Waals surface area contributed by atoms with Gasteiger partial charge < -0.3 is 9.64 Å². The van der Waals surface area contributed by atoms with Gasteiger partial charge in [-0.1, -0.05) is 30.3 Å². The molecule has 0 N–H and O–H groups in total. The third-order valence-corrected chi connectivity index (χ3v) is 6.27. The number of carbonyl (C=O) groups excluding carboxylic acids is 1. The van der Waals surface area contributed by atoms with Crippen LogP contribution in [-0.2, 0) is 4.79 Å². The Morgan fingerprint density at radius 1 is 1.09 bits per heavy atom. The summed E-state index contributed by atoms with van der Waals surface area (Å²) in [5.74, 6) is -0.381. The lowest BCUT2D eigenvalue weighted by Crippen LogP contribution is -2.35. The van der Waals surface area contributed by atoms with E-state index in [2.05, 4.69) is 4.74 Å². The van der Waals surface area contributed by atoms with Crippen molar-refractivity contribution in [1.29, 1.82) is 5.26 Å². The van der Waals surface area contributed by atoms with Gasteiger partial charge in [-0.2, -0.15) is 14.0 Å². The highest BCUT2D eigenvalue weighted by atomic mass is 32.1. The average molecular weight is 467 g/mol. The molecule has 33 heavy (non-hydrogen) atoms. The van der Waals surface area contributed by atoms with Crippen LogP contribution in [-0.4, -0.2) is 35.1 Å². The van der Waals surface area contributed by atoms with Gasteiger partial charge in [0.25, 0.3) is 11.5 Å². The molecular weight excluding hydrogens is 448 g/mol. The molecule has 1 aliphatic heterocycles. The number of thiazole rings is 1. The van der Waals surface area contributed by atoms with Gasteiger partial charge in [0.2, 0.25) is 0 Å². The van der Waals surface area contributed by atoms with Gasteiger partial charge in [0.05, 0.1) is 10.2 Å². The number of halogens is 2. The minimum absolute atomic E-state index is 0.00650. The standard InChI is InChI=1S/C24H19F2N3O3S/c25-24(26)32-18-10-8-16(9-11-18)14-20-22(31)29(17-6-2-1-3-7-17)23(33-20)19(15-27)21(30)28-12-4-5-13-28/h1-3,6-11,14,24H,4-5,12-13H2/b20-14-,23-19-. The number of nitriles is 1. The smallest absolute Gasteiger partial charge is 0.387 e. The molecule has 0 radical (unpaired) electrons. The van der Waals surface area contributed by atoms with Gasteiger partial charge in [0.1, 0.15) is 16.5 Å². The number of hydrogen-bond acceptors (Lipinski definition) is 5. The first-order chi connectivity index (χ1) is 16.0. The van der Waals surface area contributed by atoms with Crippen LogP contribution in [0, 0.1) is 11.3 Å². The molecule has 1 aromatic heterocycles. The number of ether oxygens (including phenoxy) is 1. The Morgan fingerprint density at radius 3 is 2.36 bits per heavy atom. The van der Waals surface area contributed by atoms with Crippen molar-refractivity contribution in [3.05, 3.63) is 79.7 Å². The van der Waals surface area contributed by atoms with Crippen LogP contribution in [0.15, 0.2) is 59.4 Å². The van der Waals surface area contributed by atoms with Crippen LogP contribution >= 0.6 is 11.3 Å². The third-order valence-electron chi connectivity index (χ3n) is 5.17. The second kappa shape index (κ2) is 9.79. The molecular formula is C24H19F2N3O3S. The van der Waals surface area contributed by atoms with Crippen molar-refractivity contribution in [3.8, 4) is 17.5 Å². The molecule has 0 saturated carbocycles. The first kappa shape index (κ1) is 22.4. The molecule has 1 saturated heterocycles. The monoisotopic (exact) mass is 467 g/mol. The Bertz CT molecular complexity index is 1370. The molecule has 4 rings (SSSR count). The van der Waals surface area contributed by atoms with E-state index in [4.69, 9.17) is 0 Å². The van der Waals surface area contributed by atoms with Crippen LogP contribution in [0.2, 0.25) is 0 Å². The summed E-state index contributed by atoms with van der Waals surface area (Å²) in [6.45, 7) is -1.76. The van der Waals surface area contributed by atoms with Crippen molar-refractivity contribution in [2.24, 2.45) is 0 Å². The van der Waals surface area contributed by atoms with Gasteiger partial charge in [0, 0.05) is 13.1 Å². The minimum atomic E-state index is -2.93. The van der Waals surface area contributed by atoms with Gasteiger partial charge in [0.15, 0.2) is 5.57 Å². The van der Waals surface area contributed by atoms with Gasteiger partial charge in [-0.15, -0.1) is 11.3 Å². The third kappa shape index (κ3) is 4.86. The fourth-order valence-corrected chi connectivity index (χ4v) is 4.72. The normalized spacial score (nSPS) is 15.0. The maximum Gasteiger partial charge on any atom is 0.387 e. The van der Waals surface area contributed by atoms with Gasteiger partial charge in [-0.3, -0.25) is 14.2 Å². The van der Waals surface area contributed by atoms with Crippen molar-refractivity contribution in [3.63, 3.8) is 0 Å². The summed E-state index contributed by atoms with van der Waals surface area (Å²) in [4.78, 5) is 28.0. The Balaban J connectivity index is 1.90. The topological polar surface area (TPSA) is 75.3 Å².